The van der Waals surface area contributed by atoms with E-state index in [2.05, 4.69) is 71.9 Å². The van der Waals surface area contributed by atoms with E-state index in [0.29, 0.717) is 5.41 Å². The Labute approximate surface area is 118 Å². The van der Waals surface area contributed by atoms with E-state index in [1.54, 1.807) is 0 Å². The van der Waals surface area contributed by atoms with Gasteiger partial charge in [0.1, 0.15) is 0 Å². The molecule has 0 heterocycles. The molecule has 0 atom stereocenters. The molecule has 1 aromatic carbocycles. The highest BCUT2D eigenvalue weighted by Crippen LogP contribution is 2.29. The van der Waals surface area contributed by atoms with Gasteiger partial charge < -0.3 is 0 Å². The van der Waals surface area contributed by atoms with Crippen LogP contribution in [0.2, 0.25) is 0 Å². The van der Waals surface area contributed by atoms with Gasteiger partial charge in [0.15, 0.2) is 0 Å². The number of rotatable bonds is 4. The summed E-state index contributed by atoms with van der Waals surface area (Å²) in [6.45, 7) is 13.3. The van der Waals surface area contributed by atoms with Gasteiger partial charge in [-0.1, -0.05) is 57.2 Å². The summed E-state index contributed by atoms with van der Waals surface area (Å²) >= 11 is 0. The van der Waals surface area contributed by atoms with Gasteiger partial charge in [-0.25, -0.2) is 0 Å². The minimum Gasteiger partial charge on any atom is -0.287 e. The van der Waals surface area contributed by atoms with Crippen molar-refractivity contribution in [3.63, 3.8) is 0 Å². The van der Waals surface area contributed by atoms with Crippen molar-refractivity contribution in [2.24, 2.45) is 10.4 Å². The van der Waals surface area contributed by atoms with Crippen molar-refractivity contribution in [2.45, 2.75) is 53.5 Å². The lowest BCUT2D eigenvalue weighted by Gasteiger charge is -2.29. The third-order valence-corrected chi connectivity index (χ3v) is 2.77. The zero-order valence-corrected chi connectivity index (χ0v) is 13.2. The average Bonchev–Trinajstić information content (AvgIpc) is 2.25. The van der Waals surface area contributed by atoms with Crippen LogP contribution in [0.3, 0.4) is 0 Å². The predicted octanol–water partition coefficient (Wildman–Crippen LogP) is 5.38. The van der Waals surface area contributed by atoms with E-state index in [1.807, 2.05) is 12.3 Å². The van der Waals surface area contributed by atoms with Gasteiger partial charge in [0.25, 0.3) is 0 Å². The molecule has 0 amide bonds. The maximum atomic E-state index is 4.74. The van der Waals surface area contributed by atoms with Crippen molar-refractivity contribution in [1.82, 2.24) is 0 Å². The fourth-order valence-corrected chi connectivity index (χ4v) is 2.47. The molecule has 0 fully saturated rings. The lowest BCUT2D eigenvalue weighted by Crippen LogP contribution is -2.25. The summed E-state index contributed by atoms with van der Waals surface area (Å²) in [5.41, 5.74) is 2.70. The molecule has 0 aliphatic heterocycles. The zero-order valence-electron chi connectivity index (χ0n) is 13.2. The highest BCUT2D eigenvalue weighted by molar-refractivity contribution is 5.85. The first-order valence-electron chi connectivity index (χ1n) is 6.97. The summed E-state index contributed by atoms with van der Waals surface area (Å²) in [5, 5.41) is 0. The van der Waals surface area contributed by atoms with E-state index in [1.165, 1.54) is 11.1 Å². The van der Waals surface area contributed by atoms with Gasteiger partial charge in [-0.15, -0.1) is 0 Å². The second-order valence-corrected chi connectivity index (χ2v) is 7.11. The van der Waals surface area contributed by atoms with Gasteiger partial charge in [-0.05, 0) is 43.7 Å². The molecule has 104 valence electrons. The fraction of sp³-hybridized carbons (Fsp3) is 0.500. The first-order chi connectivity index (χ1) is 8.68. The minimum absolute atomic E-state index is 0.00988. The van der Waals surface area contributed by atoms with Crippen LogP contribution in [0.5, 0.6) is 0 Å². The molecule has 0 saturated heterocycles. The standard InChI is InChI=1S/C18H27N/c1-15(12-16-10-8-7-9-11-16)13-19-18(5,6)14-17(2,3)4/h7-13H,14H2,1-6H3/b15-12+,19-13?. The fourth-order valence-electron chi connectivity index (χ4n) is 2.47. The smallest absolute Gasteiger partial charge is 0.0557 e. The number of benzene rings is 1. The molecular weight excluding hydrogens is 230 g/mol. The van der Waals surface area contributed by atoms with E-state index >= 15 is 0 Å². The molecule has 1 nitrogen and oxygen atoms in total. The molecule has 0 saturated carbocycles. The zero-order chi connectivity index (χ0) is 14.5. The molecule has 0 radical (unpaired) electrons. The van der Waals surface area contributed by atoms with Crippen LogP contribution in [0.1, 0.15) is 53.5 Å². The van der Waals surface area contributed by atoms with Gasteiger partial charge >= 0.3 is 0 Å². The quantitative estimate of drug-likeness (QED) is 0.642. The first-order valence-corrected chi connectivity index (χ1v) is 6.97. The SMILES string of the molecule is C/C(C=NC(C)(C)CC(C)(C)C)=C\c1ccccc1. The second-order valence-electron chi connectivity index (χ2n) is 7.11. The summed E-state index contributed by atoms with van der Waals surface area (Å²) in [6, 6.07) is 10.4. The molecule has 0 bridgehead atoms. The molecule has 0 spiro atoms. The van der Waals surface area contributed by atoms with Crippen molar-refractivity contribution in [3.05, 3.63) is 41.5 Å². The molecule has 0 aliphatic carbocycles. The third-order valence-electron chi connectivity index (χ3n) is 2.77. The summed E-state index contributed by atoms with van der Waals surface area (Å²) in [6.07, 6.45) is 5.24. The molecule has 0 aromatic heterocycles. The summed E-state index contributed by atoms with van der Waals surface area (Å²) in [5.74, 6) is 0. The Kier molecular flexibility index (Phi) is 5.11. The normalized spacial score (nSPS) is 14.1. The van der Waals surface area contributed by atoms with Crippen molar-refractivity contribution >= 4 is 12.3 Å². The molecule has 0 unspecified atom stereocenters. The molecule has 1 aromatic rings. The highest BCUT2D eigenvalue weighted by atomic mass is 14.8. The average molecular weight is 257 g/mol. The van der Waals surface area contributed by atoms with Crippen molar-refractivity contribution in [2.75, 3.05) is 0 Å². The van der Waals surface area contributed by atoms with E-state index in [0.717, 1.165) is 6.42 Å². The van der Waals surface area contributed by atoms with Crippen LogP contribution in [0.25, 0.3) is 6.08 Å². The van der Waals surface area contributed by atoms with Crippen LogP contribution < -0.4 is 0 Å². The van der Waals surface area contributed by atoms with E-state index in [4.69, 9.17) is 4.99 Å². The van der Waals surface area contributed by atoms with Gasteiger partial charge in [0, 0.05) is 6.21 Å². The Balaban J connectivity index is 2.73. The predicted molar refractivity (Wildman–Crippen MR) is 86.7 cm³/mol. The van der Waals surface area contributed by atoms with Crippen LogP contribution >= 0.6 is 0 Å². The van der Waals surface area contributed by atoms with Crippen LogP contribution in [0.15, 0.2) is 40.9 Å². The Morgan fingerprint density at radius 2 is 1.63 bits per heavy atom. The van der Waals surface area contributed by atoms with Crippen LogP contribution in [0, 0.1) is 5.41 Å². The minimum atomic E-state index is -0.00988. The van der Waals surface area contributed by atoms with Gasteiger partial charge in [0.05, 0.1) is 5.54 Å². The highest BCUT2D eigenvalue weighted by Gasteiger charge is 2.23. The maximum Gasteiger partial charge on any atom is 0.0557 e. The second kappa shape index (κ2) is 6.18. The largest absolute Gasteiger partial charge is 0.287 e. The molecule has 0 N–H and O–H groups in total. The third kappa shape index (κ3) is 6.95. The molecular formula is C18H27N. The van der Waals surface area contributed by atoms with Crippen molar-refractivity contribution < 1.29 is 0 Å². The van der Waals surface area contributed by atoms with E-state index < -0.39 is 0 Å². The van der Waals surface area contributed by atoms with Crippen molar-refractivity contribution in [3.8, 4) is 0 Å². The summed E-state index contributed by atoms with van der Waals surface area (Å²) in [4.78, 5) is 4.74. The van der Waals surface area contributed by atoms with Crippen molar-refractivity contribution in [1.29, 1.82) is 0 Å². The Bertz CT molecular complexity index is 444. The Morgan fingerprint density at radius 3 is 2.16 bits per heavy atom. The topological polar surface area (TPSA) is 12.4 Å². The molecule has 19 heavy (non-hydrogen) atoms. The molecule has 1 heteroatoms. The van der Waals surface area contributed by atoms with Crippen LogP contribution in [0.4, 0.5) is 0 Å². The first kappa shape index (κ1) is 15.7. The maximum absolute atomic E-state index is 4.74. The lowest BCUT2D eigenvalue weighted by atomic mass is 9.82. The number of allylic oxidation sites excluding steroid dienone is 1. The van der Waals surface area contributed by atoms with E-state index in [9.17, 15) is 0 Å². The van der Waals surface area contributed by atoms with Gasteiger partial charge in [-0.3, -0.25) is 4.99 Å². The lowest BCUT2D eigenvalue weighted by molar-refractivity contribution is 0.289. The Morgan fingerprint density at radius 1 is 1.05 bits per heavy atom. The number of hydrogen-bond donors (Lipinski definition) is 0. The number of nitrogens with zero attached hydrogens (tertiary/aromatic N) is 1. The number of aliphatic imine (C=N–C) groups is 1. The van der Waals surface area contributed by atoms with E-state index in [-0.39, 0.29) is 5.54 Å². The monoisotopic (exact) mass is 257 g/mol. The number of hydrogen-bond acceptors (Lipinski definition) is 1. The molecule has 1 rings (SSSR count). The van der Waals surface area contributed by atoms with Crippen LogP contribution in [-0.4, -0.2) is 11.8 Å². The summed E-state index contributed by atoms with van der Waals surface area (Å²) in [7, 11) is 0. The van der Waals surface area contributed by atoms with Gasteiger partial charge in [-0.2, -0.15) is 0 Å². The summed E-state index contributed by atoms with van der Waals surface area (Å²) < 4.78 is 0. The van der Waals surface area contributed by atoms with Gasteiger partial charge in [0.2, 0.25) is 0 Å². The van der Waals surface area contributed by atoms with Crippen LogP contribution in [-0.2, 0) is 0 Å². The molecule has 0 aliphatic rings. The Hall–Kier alpha value is -1.37.